The predicted molar refractivity (Wildman–Crippen MR) is 106 cm³/mol. The second-order valence-corrected chi connectivity index (χ2v) is 5.45. The van der Waals surface area contributed by atoms with Gasteiger partial charge in [0.05, 0.1) is 6.54 Å². The number of carbonyl (C=O) groups excluding carboxylic acids is 2. The number of piperazine rings is 1. The fraction of sp³-hybridized carbons (Fsp3) is 0.438. The Bertz CT molecular complexity index is 615. The number of anilines is 1. The van der Waals surface area contributed by atoms with Crippen LogP contribution in [-0.4, -0.2) is 67.3 Å². The van der Waals surface area contributed by atoms with Crippen molar-refractivity contribution in [3.63, 3.8) is 0 Å². The molecule has 25 heavy (non-hydrogen) atoms. The summed E-state index contributed by atoms with van der Waals surface area (Å²) < 4.78 is 12.8. The summed E-state index contributed by atoms with van der Waals surface area (Å²) in [5, 5.41) is 5.68. The maximum atomic E-state index is 12.8. The van der Waals surface area contributed by atoms with Gasteiger partial charge in [-0.2, -0.15) is 0 Å². The van der Waals surface area contributed by atoms with E-state index in [0.717, 1.165) is 0 Å². The Kier molecular flexibility index (Phi) is 8.59. The molecule has 1 fully saturated rings. The Morgan fingerprint density at radius 3 is 2.20 bits per heavy atom. The fourth-order valence-electron chi connectivity index (χ4n) is 2.46. The zero-order valence-electron chi connectivity index (χ0n) is 14.3. The first-order valence-electron chi connectivity index (χ1n) is 7.76. The van der Waals surface area contributed by atoms with Gasteiger partial charge in [-0.1, -0.05) is 0 Å². The lowest BCUT2D eigenvalue weighted by molar-refractivity contribution is -0.130. The van der Waals surface area contributed by atoms with Gasteiger partial charge < -0.3 is 20.4 Å². The van der Waals surface area contributed by atoms with Crippen LogP contribution in [0.25, 0.3) is 0 Å². The summed E-state index contributed by atoms with van der Waals surface area (Å²) in [5.41, 5.74) is 0.535. The summed E-state index contributed by atoms with van der Waals surface area (Å²) in [5.74, 6) is 0.0880. The van der Waals surface area contributed by atoms with Crippen molar-refractivity contribution < 1.29 is 14.0 Å². The fourth-order valence-corrected chi connectivity index (χ4v) is 2.46. The van der Waals surface area contributed by atoms with Gasteiger partial charge in [-0.25, -0.2) is 4.39 Å². The van der Waals surface area contributed by atoms with Crippen molar-refractivity contribution in [1.82, 2.24) is 15.1 Å². The highest BCUT2D eigenvalue weighted by atomic mass is 127. The van der Waals surface area contributed by atoms with Gasteiger partial charge in [0, 0.05) is 45.8 Å². The molecular formula is C16H23FIN5O2. The molecule has 1 aromatic carbocycles. The Hall–Kier alpha value is -1.91. The minimum Gasteiger partial charge on any atom is -0.347 e. The number of carbonyl (C=O) groups is 2. The minimum absolute atomic E-state index is 0. The van der Waals surface area contributed by atoms with Crippen molar-refractivity contribution in [3.05, 3.63) is 30.1 Å². The molecule has 2 rings (SSSR count). The highest BCUT2D eigenvalue weighted by molar-refractivity contribution is 14.0. The van der Waals surface area contributed by atoms with Crippen LogP contribution >= 0.6 is 24.0 Å². The quantitative estimate of drug-likeness (QED) is 0.401. The van der Waals surface area contributed by atoms with Crippen LogP contribution in [0.2, 0.25) is 0 Å². The molecule has 1 aliphatic heterocycles. The molecule has 0 atom stereocenters. The Morgan fingerprint density at radius 1 is 1.12 bits per heavy atom. The van der Waals surface area contributed by atoms with Crippen LogP contribution in [0.15, 0.2) is 29.3 Å². The van der Waals surface area contributed by atoms with Crippen LogP contribution in [0.3, 0.4) is 0 Å². The van der Waals surface area contributed by atoms with E-state index in [2.05, 4.69) is 15.6 Å². The zero-order chi connectivity index (χ0) is 17.5. The molecule has 7 nitrogen and oxygen atoms in total. The molecule has 2 amide bonds. The van der Waals surface area contributed by atoms with E-state index in [1.807, 2.05) is 4.90 Å². The third-order valence-electron chi connectivity index (χ3n) is 3.77. The highest BCUT2D eigenvalue weighted by Gasteiger charge is 2.21. The molecule has 0 radical (unpaired) electrons. The van der Waals surface area contributed by atoms with Crippen molar-refractivity contribution in [1.29, 1.82) is 0 Å². The van der Waals surface area contributed by atoms with Crippen LogP contribution in [0, 0.1) is 5.82 Å². The summed E-state index contributed by atoms with van der Waals surface area (Å²) >= 11 is 0. The highest BCUT2D eigenvalue weighted by Crippen LogP contribution is 2.07. The third-order valence-corrected chi connectivity index (χ3v) is 3.77. The Labute approximate surface area is 163 Å². The van der Waals surface area contributed by atoms with Gasteiger partial charge in [-0.15, -0.1) is 24.0 Å². The molecule has 2 N–H and O–H groups in total. The molecular weight excluding hydrogens is 440 g/mol. The number of hydrogen-bond acceptors (Lipinski definition) is 3. The second-order valence-electron chi connectivity index (χ2n) is 5.45. The van der Waals surface area contributed by atoms with Gasteiger partial charge in [0.25, 0.3) is 0 Å². The normalized spacial score (nSPS) is 14.6. The molecule has 1 aliphatic rings. The van der Waals surface area contributed by atoms with E-state index in [4.69, 9.17) is 0 Å². The van der Waals surface area contributed by atoms with Gasteiger partial charge in [0.2, 0.25) is 11.8 Å². The van der Waals surface area contributed by atoms with Crippen molar-refractivity contribution in [2.45, 2.75) is 6.92 Å². The van der Waals surface area contributed by atoms with Crippen molar-refractivity contribution in [2.75, 3.05) is 45.1 Å². The maximum Gasteiger partial charge on any atom is 0.243 e. The number of hydrogen-bond donors (Lipinski definition) is 2. The van der Waals surface area contributed by atoms with E-state index >= 15 is 0 Å². The second kappa shape index (κ2) is 10.2. The number of amides is 2. The van der Waals surface area contributed by atoms with Crippen LogP contribution in [0.1, 0.15) is 6.92 Å². The molecule has 0 aliphatic carbocycles. The van der Waals surface area contributed by atoms with Crippen LogP contribution < -0.4 is 10.6 Å². The van der Waals surface area contributed by atoms with E-state index in [0.29, 0.717) is 37.8 Å². The zero-order valence-corrected chi connectivity index (χ0v) is 16.6. The lowest BCUT2D eigenvalue weighted by atomic mass is 10.3. The van der Waals surface area contributed by atoms with E-state index in [1.54, 1.807) is 18.9 Å². The first-order chi connectivity index (χ1) is 11.5. The van der Waals surface area contributed by atoms with Gasteiger partial charge >= 0.3 is 0 Å². The number of benzene rings is 1. The summed E-state index contributed by atoms with van der Waals surface area (Å²) in [6, 6.07) is 5.58. The van der Waals surface area contributed by atoms with Gasteiger partial charge in [0.1, 0.15) is 5.82 Å². The lowest BCUT2D eigenvalue weighted by Gasteiger charge is -2.36. The van der Waals surface area contributed by atoms with Crippen LogP contribution in [0.5, 0.6) is 0 Å². The Balaban J connectivity index is 0.00000312. The molecule has 0 spiro atoms. The van der Waals surface area contributed by atoms with Gasteiger partial charge in [-0.05, 0) is 24.3 Å². The predicted octanol–water partition coefficient (Wildman–Crippen LogP) is 1.12. The number of nitrogens with one attached hydrogen (secondary N) is 2. The summed E-state index contributed by atoms with van der Waals surface area (Å²) in [4.78, 5) is 31.2. The molecule has 1 saturated heterocycles. The molecule has 1 heterocycles. The monoisotopic (exact) mass is 463 g/mol. The molecule has 138 valence electrons. The lowest BCUT2D eigenvalue weighted by Crippen LogP contribution is -2.54. The summed E-state index contributed by atoms with van der Waals surface area (Å²) in [6.07, 6.45) is 0. The molecule has 0 saturated carbocycles. The SMILES string of the molecule is CN=C(NCC(=O)Nc1ccc(F)cc1)N1CCN(C(C)=O)CC1.I. The first-order valence-corrected chi connectivity index (χ1v) is 7.76. The largest absolute Gasteiger partial charge is 0.347 e. The number of rotatable bonds is 3. The molecule has 9 heteroatoms. The molecule has 0 bridgehead atoms. The van der Waals surface area contributed by atoms with E-state index < -0.39 is 0 Å². The molecule has 0 aromatic heterocycles. The summed E-state index contributed by atoms with van der Waals surface area (Å²) in [6.45, 7) is 4.22. The van der Waals surface area contributed by atoms with Crippen LogP contribution in [-0.2, 0) is 9.59 Å². The number of aliphatic imine (C=N–C) groups is 1. The van der Waals surface area contributed by atoms with Crippen molar-refractivity contribution in [2.24, 2.45) is 4.99 Å². The third kappa shape index (κ3) is 6.48. The maximum absolute atomic E-state index is 12.8. The number of nitrogens with zero attached hydrogens (tertiary/aromatic N) is 3. The van der Waals surface area contributed by atoms with Gasteiger partial charge in [-0.3, -0.25) is 14.6 Å². The first kappa shape index (κ1) is 21.1. The van der Waals surface area contributed by atoms with E-state index in [-0.39, 0.29) is 48.2 Å². The topological polar surface area (TPSA) is 77.0 Å². The standard InChI is InChI=1S/C16H22FN5O2.HI/c1-12(23)21-7-9-22(10-8-21)16(18-2)19-11-15(24)20-14-5-3-13(17)4-6-14;/h3-6H,7-11H2,1-2H3,(H,18,19)(H,20,24);1H. The smallest absolute Gasteiger partial charge is 0.243 e. The van der Waals surface area contributed by atoms with Crippen LogP contribution in [0.4, 0.5) is 10.1 Å². The van der Waals surface area contributed by atoms with Gasteiger partial charge in [0.15, 0.2) is 5.96 Å². The summed E-state index contributed by atoms with van der Waals surface area (Å²) in [7, 11) is 1.65. The molecule has 1 aromatic rings. The van der Waals surface area contributed by atoms with E-state index in [9.17, 15) is 14.0 Å². The number of halogens is 2. The van der Waals surface area contributed by atoms with Crippen molar-refractivity contribution in [3.8, 4) is 0 Å². The number of guanidine groups is 1. The van der Waals surface area contributed by atoms with E-state index in [1.165, 1.54) is 24.3 Å². The molecule has 0 unspecified atom stereocenters. The van der Waals surface area contributed by atoms with Crippen molar-refractivity contribution >= 4 is 47.4 Å². The average Bonchev–Trinajstić information content (AvgIpc) is 2.58. The average molecular weight is 463 g/mol. The Morgan fingerprint density at radius 2 is 1.68 bits per heavy atom. The minimum atomic E-state index is -0.351.